The summed E-state index contributed by atoms with van der Waals surface area (Å²) in [4.78, 5) is 12.8. The molecule has 0 aliphatic carbocycles. The van der Waals surface area contributed by atoms with Crippen molar-refractivity contribution in [3.8, 4) is 11.1 Å². The monoisotopic (exact) mass is 358 g/mol. The summed E-state index contributed by atoms with van der Waals surface area (Å²) in [7, 11) is 0. The van der Waals surface area contributed by atoms with E-state index in [9.17, 15) is 4.79 Å². The first kappa shape index (κ1) is 18.9. The predicted molar refractivity (Wildman–Crippen MR) is 113 cm³/mol. The molecule has 2 N–H and O–H groups in total. The number of aryl methyl sites for hydroxylation is 1. The quantitative estimate of drug-likeness (QED) is 0.624. The molecule has 0 fully saturated rings. The van der Waals surface area contributed by atoms with Crippen LogP contribution in [0.5, 0.6) is 0 Å². The van der Waals surface area contributed by atoms with Gasteiger partial charge in [0.1, 0.15) is 0 Å². The van der Waals surface area contributed by atoms with Gasteiger partial charge in [-0.1, -0.05) is 72.8 Å². The number of nitrogens with one attached hydrogen (secondary N) is 2. The van der Waals surface area contributed by atoms with Crippen LogP contribution in [0.3, 0.4) is 0 Å². The van der Waals surface area contributed by atoms with Gasteiger partial charge in [0.05, 0.1) is 6.04 Å². The van der Waals surface area contributed by atoms with Gasteiger partial charge in [-0.2, -0.15) is 0 Å². The molecule has 3 nitrogen and oxygen atoms in total. The highest BCUT2D eigenvalue weighted by Gasteiger charge is 2.18. The topological polar surface area (TPSA) is 41.1 Å². The molecule has 138 valence electrons. The molecule has 3 rings (SSSR count). The Bertz CT molecular complexity index is 905. The van der Waals surface area contributed by atoms with Gasteiger partial charge in [-0.25, -0.2) is 0 Å². The first-order valence-corrected chi connectivity index (χ1v) is 9.33. The lowest BCUT2D eigenvalue weighted by Gasteiger charge is -2.22. The van der Waals surface area contributed by atoms with Gasteiger partial charge in [-0.3, -0.25) is 10.1 Å². The second-order valence-electron chi connectivity index (χ2n) is 6.87. The molecule has 0 aliphatic heterocycles. The number of benzene rings is 3. The number of para-hydroxylation sites is 1. The van der Waals surface area contributed by atoms with Crippen LogP contribution in [0, 0.1) is 6.92 Å². The van der Waals surface area contributed by atoms with Crippen LogP contribution < -0.4 is 10.6 Å². The van der Waals surface area contributed by atoms with Crippen LogP contribution in [0.4, 0.5) is 5.69 Å². The maximum absolute atomic E-state index is 12.8. The Morgan fingerprint density at radius 2 is 1.44 bits per heavy atom. The normalized spacial score (nSPS) is 13.0. The van der Waals surface area contributed by atoms with Crippen LogP contribution in [0.2, 0.25) is 0 Å². The average molecular weight is 358 g/mol. The minimum Gasteiger partial charge on any atom is -0.324 e. The highest BCUT2D eigenvalue weighted by molar-refractivity contribution is 5.98. The van der Waals surface area contributed by atoms with Crippen molar-refractivity contribution in [2.45, 2.75) is 32.9 Å². The predicted octanol–water partition coefficient (Wildman–Crippen LogP) is 5.34. The molecule has 1 amide bonds. The third kappa shape index (κ3) is 4.63. The third-order valence-corrected chi connectivity index (χ3v) is 4.82. The minimum atomic E-state index is -0.316. The van der Waals surface area contributed by atoms with Crippen LogP contribution in [0.25, 0.3) is 11.1 Å². The maximum Gasteiger partial charge on any atom is 0.241 e. The molecular formula is C24H26N2O. The van der Waals surface area contributed by atoms with Gasteiger partial charge in [-0.05, 0) is 43.5 Å². The Morgan fingerprint density at radius 1 is 0.815 bits per heavy atom. The lowest BCUT2D eigenvalue weighted by Crippen LogP contribution is -2.39. The molecule has 0 saturated heterocycles. The van der Waals surface area contributed by atoms with E-state index in [1.54, 1.807) is 0 Å². The Balaban J connectivity index is 1.72. The second kappa shape index (κ2) is 8.65. The van der Waals surface area contributed by atoms with Crippen molar-refractivity contribution in [1.82, 2.24) is 5.32 Å². The number of carbonyl (C=O) groups is 1. The zero-order valence-electron chi connectivity index (χ0n) is 16.1. The fourth-order valence-electron chi connectivity index (χ4n) is 3.32. The number of amides is 1. The van der Waals surface area contributed by atoms with E-state index >= 15 is 0 Å². The van der Waals surface area contributed by atoms with Gasteiger partial charge in [0.15, 0.2) is 0 Å². The summed E-state index contributed by atoms with van der Waals surface area (Å²) >= 11 is 0. The van der Waals surface area contributed by atoms with Crippen molar-refractivity contribution < 1.29 is 4.79 Å². The van der Waals surface area contributed by atoms with Crippen LogP contribution in [-0.4, -0.2) is 11.9 Å². The Kier molecular flexibility index (Phi) is 6.05. The van der Waals surface area contributed by atoms with E-state index in [1.807, 2.05) is 73.7 Å². The Labute approximate surface area is 161 Å². The molecule has 27 heavy (non-hydrogen) atoms. The molecule has 0 saturated carbocycles. The van der Waals surface area contributed by atoms with E-state index in [-0.39, 0.29) is 18.0 Å². The summed E-state index contributed by atoms with van der Waals surface area (Å²) in [6, 6.07) is 26.0. The molecular weight excluding hydrogens is 332 g/mol. The van der Waals surface area contributed by atoms with Crippen LogP contribution in [0.1, 0.15) is 31.0 Å². The number of rotatable bonds is 6. The molecule has 3 aromatic rings. The number of hydrogen-bond donors (Lipinski definition) is 2. The third-order valence-electron chi connectivity index (χ3n) is 4.82. The van der Waals surface area contributed by atoms with Gasteiger partial charge in [0.2, 0.25) is 5.91 Å². The molecule has 0 heterocycles. The fraction of sp³-hybridized carbons (Fsp3) is 0.208. The zero-order valence-corrected chi connectivity index (χ0v) is 16.1. The van der Waals surface area contributed by atoms with Gasteiger partial charge in [-0.15, -0.1) is 0 Å². The fourth-order valence-corrected chi connectivity index (χ4v) is 3.32. The van der Waals surface area contributed by atoms with Crippen molar-refractivity contribution in [2.75, 3.05) is 5.32 Å². The van der Waals surface area contributed by atoms with E-state index < -0.39 is 0 Å². The van der Waals surface area contributed by atoms with Crippen molar-refractivity contribution in [3.63, 3.8) is 0 Å². The molecule has 2 atom stereocenters. The smallest absolute Gasteiger partial charge is 0.241 e. The molecule has 2 unspecified atom stereocenters. The minimum absolute atomic E-state index is 0.0428. The lowest BCUT2D eigenvalue weighted by atomic mass is 10.0. The standard InChI is InChI=1S/C24H26N2O/c1-17-11-7-8-14-21(17)18(2)25-19(3)24(27)26-23-16-10-9-15-22(23)20-12-5-4-6-13-20/h4-16,18-19,25H,1-3H3,(H,26,27). The number of anilines is 1. The largest absolute Gasteiger partial charge is 0.324 e. The first-order valence-electron chi connectivity index (χ1n) is 9.33. The van der Waals surface area contributed by atoms with Crippen molar-refractivity contribution in [1.29, 1.82) is 0 Å². The van der Waals surface area contributed by atoms with E-state index in [4.69, 9.17) is 0 Å². The van der Waals surface area contributed by atoms with E-state index in [2.05, 4.69) is 36.6 Å². The van der Waals surface area contributed by atoms with Gasteiger partial charge in [0.25, 0.3) is 0 Å². The van der Waals surface area contributed by atoms with E-state index in [0.717, 1.165) is 16.8 Å². The van der Waals surface area contributed by atoms with E-state index in [1.165, 1.54) is 11.1 Å². The summed E-state index contributed by atoms with van der Waals surface area (Å²) < 4.78 is 0. The number of carbonyl (C=O) groups excluding carboxylic acids is 1. The first-order chi connectivity index (χ1) is 13.1. The molecule has 0 spiro atoms. The van der Waals surface area contributed by atoms with E-state index in [0.29, 0.717) is 0 Å². The molecule has 0 bridgehead atoms. The Morgan fingerprint density at radius 3 is 2.19 bits per heavy atom. The lowest BCUT2D eigenvalue weighted by molar-refractivity contribution is -0.117. The summed E-state index contributed by atoms with van der Waals surface area (Å²) in [5, 5.41) is 6.48. The SMILES string of the molecule is Cc1ccccc1C(C)NC(C)C(=O)Nc1ccccc1-c1ccccc1. The van der Waals surface area contributed by atoms with Gasteiger partial charge >= 0.3 is 0 Å². The second-order valence-corrected chi connectivity index (χ2v) is 6.87. The zero-order chi connectivity index (χ0) is 19.2. The summed E-state index contributed by atoms with van der Waals surface area (Å²) in [5.41, 5.74) is 5.36. The molecule has 3 heteroatoms. The van der Waals surface area contributed by atoms with Crippen LogP contribution in [0.15, 0.2) is 78.9 Å². The summed E-state index contributed by atoms with van der Waals surface area (Å²) in [5.74, 6) is -0.0428. The van der Waals surface area contributed by atoms with Crippen LogP contribution >= 0.6 is 0 Å². The van der Waals surface area contributed by atoms with Crippen molar-refractivity contribution in [3.05, 3.63) is 90.0 Å². The highest BCUT2D eigenvalue weighted by Crippen LogP contribution is 2.27. The maximum atomic E-state index is 12.8. The molecule has 0 aliphatic rings. The highest BCUT2D eigenvalue weighted by atomic mass is 16.2. The molecule has 3 aromatic carbocycles. The van der Waals surface area contributed by atoms with Crippen LogP contribution in [-0.2, 0) is 4.79 Å². The van der Waals surface area contributed by atoms with Crippen molar-refractivity contribution >= 4 is 11.6 Å². The molecule has 0 radical (unpaired) electrons. The van der Waals surface area contributed by atoms with Gasteiger partial charge < -0.3 is 5.32 Å². The Hall–Kier alpha value is -2.91. The molecule has 0 aromatic heterocycles. The number of hydrogen-bond acceptors (Lipinski definition) is 2. The summed E-state index contributed by atoms with van der Waals surface area (Å²) in [6.07, 6.45) is 0. The average Bonchev–Trinajstić information content (AvgIpc) is 2.69. The van der Waals surface area contributed by atoms with Gasteiger partial charge in [0, 0.05) is 17.3 Å². The van der Waals surface area contributed by atoms with Crippen molar-refractivity contribution in [2.24, 2.45) is 0 Å². The summed E-state index contributed by atoms with van der Waals surface area (Å²) in [6.45, 7) is 6.08.